The Labute approximate surface area is 79.7 Å². The fourth-order valence-electron chi connectivity index (χ4n) is 0.850. The predicted octanol–water partition coefficient (Wildman–Crippen LogP) is 0.974. The van der Waals surface area contributed by atoms with E-state index in [9.17, 15) is 4.79 Å². The molecule has 0 aromatic carbocycles. The maximum atomic E-state index is 10.6. The number of amides is 1. The molecule has 0 unspecified atom stereocenters. The monoisotopic (exact) mass is 182 g/mol. The van der Waals surface area contributed by atoms with Gasteiger partial charge in [0.1, 0.15) is 0 Å². The van der Waals surface area contributed by atoms with Gasteiger partial charge in [0.25, 0.3) is 0 Å². The first-order valence-electron chi connectivity index (χ1n) is 4.46. The van der Waals surface area contributed by atoms with Crippen LogP contribution in [0.1, 0.15) is 19.8 Å². The van der Waals surface area contributed by atoms with E-state index in [1.165, 1.54) is 0 Å². The molecule has 0 saturated carbocycles. The van der Waals surface area contributed by atoms with Crippen LogP contribution in [0.3, 0.4) is 0 Å². The summed E-state index contributed by atoms with van der Waals surface area (Å²) in [5.74, 6) is -0.334. The van der Waals surface area contributed by atoms with Gasteiger partial charge in [-0.3, -0.25) is 4.79 Å². The normalized spacial score (nSPS) is 11.3. The van der Waals surface area contributed by atoms with Crippen molar-refractivity contribution in [2.24, 2.45) is 5.73 Å². The Hall–Kier alpha value is -1.09. The molecule has 13 heavy (non-hydrogen) atoms. The van der Waals surface area contributed by atoms with Gasteiger partial charge in [0, 0.05) is 12.1 Å². The van der Waals surface area contributed by atoms with Gasteiger partial charge in [0.15, 0.2) is 0 Å². The zero-order chi connectivity index (χ0) is 10.1. The van der Waals surface area contributed by atoms with Crippen LogP contribution in [0, 0.1) is 0 Å². The number of nitrogens with two attached hydrogens (primary N) is 1. The van der Waals surface area contributed by atoms with E-state index in [4.69, 9.17) is 5.73 Å². The number of carbonyl (C=O) groups is 1. The summed E-state index contributed by atoms with van der Waals surface area (Å²) >= 11 is 0. The fourth-order valence-corrected chi connectivity index (χ4v) is 0.850. The van der Waals surface area contributed by atoms with Gasteiger partial charge in [-0.15, -0.1) is 6.58 Å². The van der Waals surface area contributed by atoms with Crippen LogP contribution >= 0.6 is 0 Å². The van der Waals surface area contributed by atoms with Gasteiger partial charge in [0.05, 0.1) is 0 Å². The van der Waals surface area contributed by atoms with Crippen LogP contribution in [-0.4, -0.2) is 19.0 Å². The van der Waals surface area contributed by atoms with Crippen LogP contribution in [0.5, 0.6) is 0 Å². The Bertz CT molecular complexity index is 197. The molecule has 3 N–H and O–H groups in total. The molecule has 3 heteroatoms. The standard InChI is InChI=1S/C10H18N2O/c1-3-7-12-8-5-4-6-9(2)10(11)13/h3,6,12H,1,4-5,7-8H2,2H3,(H2,11,13). The minimum absolute atomic E-state index is 0.334. The van der Waals surface area contributed by atoms with E-state index in [0.717, 1.165) is 25.9 Å². The van der Waals surface area contributed by atoms with Gasteiger partial charge >= 0.3 is 0 Å². The number of carbonyl (C=O) groups excluding carboxylic acids is 1. The maximum Gasteiger partial charge on any atom is 0.244 e. The molecule has 0 aliphatic heterocycles. The van der Waals surface area contributed by atoms with Gasteiger partial charge in [0.2, 0.25) is 5.91 Å². The van der Waals surface area contributed by atoms with E-state index in [-0.39, 0.29) is 5.91 Å². The number of hydrogen-bond acceptors (Lipinski definition) is 2. The molecule has 0 atom stereocenters. The second-order valence-electron chi connectivity index (χ2n) is 2.89. The molecule has 0 saturated heterocycles. The van der Waals surface area contributed by atoms with Crippen LogP contribution in [0.25, 0.3) is 0 Å². The van der Waals surface area contributed by atoms with E-state index in [2.05, 4.69) is 11.9 Å². The van der Waals surface area contributed by atoms with Gasteiger partial charge in [-0.05, 0) is 26.3 Å². The minimum Gasteiger partial charge on any atom is -0.366 e. The molecule has 74 valence electrons. The van der Waals surface area contributed by atoms with Crippen LogP contribution < -0.4 is 11.1 Å². The summed E-state index contributed by atoms with van der Waals surface area (Å²) in [6, 6.07) is 0. The Balaban J connectivity index is 3.39. The third-order valence-electron chi connectivity index (χ3n) is 1.69. The molecule has 3 nitrogen and oxygen atoms in total. The molecule has 0 aromatic heterocycles. The van der Waals surface area contributed by atoms with Crippen molar-refractivity contribution in [3.8, 4) is 0 Å². The third-order valence-corrected chi connectivity index (χ3v) is 1.69. The Morgan fingerprint density at radius 3 is 2.85 bits per heavy atom. The summed E-state index contributed by atoms with van der Waals surface area (Å²) in [7, 11) is 0. The molecule has 0 aliphatic rings. The number of allylic oxidation sites excluding steroid dienone is 1. The number of primary amides is 1. The lowest BCUT2D eigenvalue weighted by atomic mass is 10.2. The lowest BCUT2D eigenvalue weighted by Crippen LogP contribution is -2.15. The number of unbranched alkanes of at least 4 members (excludes halogenated alkanes) is 1. The van der Waals surface area contributed by atoms with Crippen molar-refractivity contribution < 1.29 is 4.79 Å². The van der Waals surface area contributed by atoms with Crippen molar-refractivity contribution in [3.63, 3.8) is 0 Å². The SMILES string of the molecule is C=CCNCCCC=C(C)C(N)=O. The van der Waals surface area contributed by atoms with E-state index in [0.29, 0.717) is 5.57 Å². The molecule has 0 aliphatic carbocycles. The van der Waals surface area contributed by atoms with Gasteiger partial charge in [-0.1, -0.05) is 12.2 Å². The van der Waals surface area contributed by atoms with Crippen LogP contribution in [-0.2, 0) is 4.79 Å². The zero-order valence-corrected chi connectivity index (χ0v) is 8.18. The van der Waals surface area contributed by atoms with Crippen molar-refractivity contribution >= 4 is 5.91 Å². The molecule has 0 aromatic rings. The molecule has 0 radical (unpaired) electrons. The predicted molar refractivity (Wildman–Crippen MR) is 55.3 cm³/mol. The highest BCUT2D eigenvalue weighted by Gasteiger charge is 1.94. The molecular weight excluding hydrogens is 164 g/mol. The zero-order valence-electron chi connectivity index (χ0n) is 8.18. The minimum atomic E-state index is -0.334. The molecule has 0 fully saturated rings. The largest absolute Gasteiger partial charge is 0.366 e. The first-order chi connectivity index (χ1) is 6.18. The number of rotatable bonds is 7. The van der Waals surface area contributed by atoms with E-state index >= 15 is 0 Å². The van der Waals surface area contributed by atoms with Gasteiger partial charge in [-0.2, -0.15) is 0 Å². The van der Waals surface area contributed by atoms with E-state index in [1.54, 1.807) is 6.92 Å². The highest BCUT2D eigenvalue weighted by molar-refractivity contribution is 5.91. The van der Waals surface area contributed by atoms with Crippen molar-refractivity contribution in [2.45, 2.75) is 19.8 Å². The smallest absolute Gasteiger partial charge is 0.244 e. The third kappa shape index (κ3) is 7.28. The number of hydrogen-bond donors (Lipinski definition) is 2. The average Bonchev–Trinajstić information content (AvgIpc) is 2.10. The Morgan fingerprint density at radius 2 is 2.31 bits per heavy atom. The number of nitrogens with one attached hydrogen (secondary N) is 1. The lowest BCUT2D eigenvalue weighted by molar-refractivity contribution is -0.114. The van der Waals surface area contributed by atoms with Gasteiger partial charge < -0.3 is 11.1 Å². The first-order valence-corrected chi connectivity index (χ1v) is 4.46. The van der Waals surface area contributed by atoms with Crippen molar-refractivity contribution in [1.82, 2.24) is 5.32 Å². The summed E-state index contributed by atoms with van der Waals surface area (Å²) in [5.41, 5.74) is 5.70. The molecule has 0 rings (SSSR count). The Morgan fingerprint density at radius 1 is 1.62 bits per heavy atom. The Kier molecular flexibility index (Phi) is 6.92. The topological polar surface area (TPSA) is 55.1 Å². The first kappa shape index (κ1) is 11.9. The van der Waals surface area contributed by atoms with Crippen molar-refractivity contribution in [2.75, 3.05) is 13.1 Å². The van der Waals surface area contributed by atoms with E-state index < -0.39 is 0 Å². The lowest BCUT2D eigenvalue weighted by Gasteiger charge is -1.99. The highest BCUT2D eigenvalue weighted by atomic mass is 16.1. The van der Waals surface area contributed by atoms with Crippen LogP contribution in [0.4, 0.5) is 0 Å². The highest BCUT2D eigenvalue weighted by Crippen LogP contribution is 1.96. The van der Waals surface area contributed by atoms with Crippen molar-refractivity contribution in [3.05, 3.63) is 24.3 Å². The maximum absolute atomic E-state index is 10.6. The van der Waals surface area contributed by atoms with Gasteiger partial charge in [-0.25, -0.2) is 0 Å². The summed E-state index contributed by atoms with van der Waals surface area (Å²) in [6.07, 6.45) is 5.60. The average molecular weight is 182 g/mol. The molecule has 1 amide bonds. The summed E-state index contributed by atoms with van der Waals surface area (Å²) in [4.78, 5) is 10.6. The van der Waals surface area contributed by atoms with Crippen LogP contribution in [0.2, 0.25) is 0 Å². The molecule has 0 heterocycles. The molecule has 0 bridgehead atoms. The van der Waals surface area contributed by atoms with Crippen LogP contribution in [0.15, 0.2) is 24.3 Å². The molecule has 0 spiro atoms. The molecular formula is C10H18N2O. The van der Waals surface area contributed by atoms with Crippen molar-refractivity contribution in [1.29, 1.82) is 0 Å². The summed E-state index contributed by atoms with van der Waals surface area (Å²) in [5, 5.41) is 3.17. The fraction of sp³-hybridized carbons (Fsp3) is 0.500. The second-order valence-corrected chi connectivity index (χ2v) is 2.89. The second kappa shape index (κ2) is 7.55. The summed E-state index contributed by atoms with van der Waals surface area (Å²) < 4.78 is 0. The van der Waals surface area contributed by atoms with E-state index in [1.807, 2.05) is 12.2 Å². The quantitative estimate of drug-likeness (QED) is 0.350. The summed E-state index contributed by atoms with van der Waals surface area (Å²) in [6.45, 7) is 7.10.